The molecule has 3 rings (SSSR count). The topological polar surface area (TPSA) is 57.5 Å². The van der Waals surface area contributed by atoms with Crippen LogP contribution in [0.15, 0.2) is 47.7 Å². The summed E-state index contributed by atoms with van der Waals surface area (Å²) in [6.07, 6.45) is 7.42. The monoisotopic (exact) mass is 382 g/mol. The zero-order valence-corrected chi connectivity index (χ0v) is 17.3. The van der Waals surface area contributed by atoms with E-state index in [9.17, 15) is 0 Å². The Bertz CT molecular complexity index is 701. The van der Waals surface area contributed by atoms with Crippen LogP contribution in [-0.4, -0.2) is 53.4 Å². The highest BCUT2D eigenvalue weighted by atomic mass is 15.3. The first-order chi connectivity index (χ1) is 13.8. The molecule has 1 saturated heterocycles. The van der Waals surface area contributed by atoms with Gasteiger partial charge in [-0.25, -0.2) is 0 Å². The second kappa shape index (κ2) is 10.9. The molecule has 0 radical (unpaired) electrons. The number of aryl methyl sites for hydroxylation is 2. The summed E-state index contributed by atoms with van der Waals surface area (Å²) in [5.41, 5.74) is 2.67. The summed E-state index contributed by atoms with van der Waals surface area (Å²) < 4.78 is 1.96. The van der Waals surface area contributed by atoms with E-state index in [-0.39, 0.29) is 0 Å². The SMILES string of the molecule is CCNC(=NCC(c1ccc(C)cc1)N1CCCC1)NCCCn1cccn1. The van der Waals surface area contributed by atoms with E-state index in [2.05, 4.69) is 58.7 Å². The molecule has 0 saturated carbocycles. The van der Waals surface area contributed by atoms with Gasteiger partial charge < -0.3 is 10.6 Å². The van der Waals surface area contributed by atoms with Crippen molar-refractivity contribution in [2.75, 3.05) is 32.7 Å². The standard InChI is InChI=1S/C22H34N6/c1-3-23-22(24-12-6-16-28-17-7-13-26-28)25-18-21(27-14-4-5-15-27)20-10-8-19(2)9-11-20/h7-11,13,17,21H,3-6,12,14-16,18H2,1-2H3,(H2,23,24,25). The van der Waals surface area contributed by atoms with E-state index in [1.54, 1.807) is 0 Å². The highest BCUT2D eigenvalue weighted by Crippen LogP contribution is 2.25. The molecule has 1 atom stereocenters. The number of aliphatic imine (C=N–C) groups is 1. The zero-order valence-electron chi connectivity index (χ0n) is 17.3. The lowest BCUT2D eigenvalue weighted by Gasteiger charge is -2.27. The lowest BCUT2D eigenvalue weighted by Crippen LogP contribution is -2.39. The molecule has 0 aliphatic carbocycles. The minimum atomic E-state index is 0.350. The molecule has 0 amide bonds. The van der Waals surface area contributed by atoms with Crippen LogP contribution in [-0.2, 0) is 6.54 Å². The second-order valence-corrected chi connectivity index (χ2v) is 7.44. The molecular formula is C22H34N6. The lowest BCUT2D eigenvalue weighted by atomic mass is 10.0. The first kappa shape index (κ1) is 20.4. The average molecular weight is 383 g/mol. The van der Waals surface area contributed by atoms with Gasteiger partial charge in [0, 0.05) is 32.0 Å². The van der Waals surface area contributed by atoms with Crippen molar-refractivity contribution in [1.29, 1.82) is 0 Å². The van der Waals surface area contributed by atoms with E-state index in [4.69, 9.17) is 4.99 Å². The molecule has 1 aliphatic rings. The molecule has 28 heavy (non-hydrogen) atoms. The van der Waals surface area contributed by atoms with Gasteiger partial charge in [-0.2, -0.15) is 5.10 Å². The van der Waals surface area contributed by atoms with Crippen LogP contribution >= 0.6 is 0 Å². The van der Waals surface area contributed by atoms with Gasteiger partial charge >= 0.3 is 0 Å². The number of guanidine groups is 1. The molecule has 2 aromatic rings. The van der Waals surface area contributed by atoms with E-state index < -0.39 is 0 Å². The van der Waals surface area contributed by atoms with Gasteiger partial charge in [0.25, 0.3) is 0 Å². The smallest absolute Gasteiger partial charge is 0.191 e. The van der Waals surface area contributed by atoms with Crippen molar-refractivity contribution in [2.45, 2.75) is 45.7 Å². The average Bonchev–Trinajstić information content (AvgIpc) is 3.41. The van der Waals surface area contributed by atoms with Crippen LogP contribution in [0.3, 0.4) is 0 Å². The van der Waals surface area contributed by atoms with Crippen molar-refractivity contribution in [1.82, 2.24) is 25.3 Å². The van der Waals surface area contributed by atoms with Crippen LogP contribution < -0.4 is 10.6 Å². The number of rotatable bonds is 9. The number of aromatic nitrogens is 2. The maximum Gasteiger partial charge on any atom is 0.191 e. The Balaban J connectivity index is 1.59. The van der Waals surface area contributed by atoms with Crippen LogP contribution in [0.4, 0.5) is 0 Å². The molecule has 1 aromatic heterocycles. The van der Waals surface area contributed by atoms with Crippen molar-refractivity contribution in [2.24, 2.45) is 4.99 Å². The molecule has 2 heterocycles. The van der Waals surface area contributed by atoms with Crippen molar-refractivity contribution in [3.8, 4) is 0 Å². The maximum atomic E-state index is 4.92. The Labute approximate surface area is 169 Å². The number of nitrogens with one attached hydrogen (secondary N) is 2. The number of nitrogens with zero attached hydrogens (tertiary/aromatic N) is 4. The number of hydrogen-bond donors (Lipinski definition) is 2. The third-order valence-corrected chi connectivity index (χ3v) is 5.23. The summed E-state index contributed by atoms with van der Waals surface area (Å²) in [5.74, 6) is 0.902. The van der Waals surface area contributed by atoms with Crippen molar-refractivity contribution in [3.05, 3.63) is 53.9 Å². The van der Waals surface area contributed by atoms with Gasteiger partial charge in [-0.15, -0.1) is 0 Å². The minimum absolute atomic E-state index is 0.350. The van der Waals surface area contributed by atoms with Gasteiger partial charge in [-0.3, -0.25) is 14.6 Å². The van der Waals surface area contributed by atoms with Crippen LogP contribution in [0.1, 0.15) is 43.4 Å². The zero-order chi connectivity index (χ0) is 19.6. The second-order valence-electron chi connectivity index (χ2n) is 7.44. The first-order valence-electron chi connectivity index (χ1n) is 10.6. The van der Waals surface area contributed by atoms with Gasteiger partial charge in [-0.05, 0) is 57.8 Å². The molecule has 0 bridgehead atoms. The van der Waals surface area contributed by atoms with Crippen molar-refractivity contribution >= 4 is 5.96 Å². The summed E-state index contributed by atoms with van der Waals surface area (Å²) in [5, 5.41) is 11.1. The molecule has 1 fully saturated rings. The summed E-state index contributed by atoms with van der Waals surface area (Å²) in [4.78, 5) is 7.50. The molecule has 2 N–H and O–H groups in total. The fraction of sp³-hybridized carbons (Fsp3) is 0.545. The van der Waals surface area contributed by atoms with Crippen LogP contribution in [0.5, 0.6) is 0 Å². The maximum absolute atomic E-state index is 4.92. The van der Waals surface area contributed by atoms with Gasteiger partial charge in [0.2, 0.25) is 0 Å². The molecule has 6 heteroatoms. The van der Waals surface area contributed by atoms with E-state index in [0.29, 0.717) is 6.04 Å². The van der Waals surface area contributed by atoms with Gasteiger partial charge in [0.05, 0.1) is 12.6 Å². The lowest BCUT2D eigenvalue weighted by molar-refractivity contribution is 0.251. The van der Waals surface area contributed by atoms with E-state index >= 15 is 0 Å². The fourth-order valence-electron chi connectivity index (χ4n) is 3.67. The molecule has 1 aliphatic heterocycles. The number of hydrogen-bond acceptors (Lipinski definition) is 3. The van der Waals surface area contributed by atoms with E-state index in [0.717, 1.165) is 38.6 Å². The highest BCUT2D eigenvalue weighted by molar-refractivity contribution is 5.79. The quantitative estimate of drug-likeness (QED) is 0.398. The third-order valence-electron chi connectivity index (χ3n) is 5.23. The Morgan fingerprint density at radius 3 is 2.64 bits per heavy atom. The molecule has 1 unspecified atom stereocenters. The fourth-order valence-corrected chi connectivity index (χ4v) is 3.67. The normalized spacial score (nSPS) is 16.3. The number of benzene rings is 1. The largest absolute Gasteiger partial charge is 0.357 e. The highest BCUT2D eigenvalue weighted by Gasteiger charge is 2.23. The Morgan fingerprint density at radius 2 is 1.96 bits per heavy atom. The molecule has 152 valence electrons. The summed E-state index contributed by atoms with van der Waals surface area (Å²) in [6, 6.07) is 11.3. The van der Waals surface area contributed by atoms with E-state index in [1.165, 1.54) is 37.1 Å². The first-order valence-corrected chi connectivity index (χ1v) is 10.6. The van der Waals surface area contributed by atoms with Crippen LogP contribution in [0.2, 0.25) is 0 Å². The van der Waals surface area contributed by atoms with Crippen LogP contribution in [0.25, 0.3) is 0 Å². The number of likely N-dealkylation sites (tertiary alicyclic amines) is 1. The van der Waals surface area contributed by atoms with Crippen molar-refractivity contribution < 1.29 is 0 Å². The van der Waals surface area contributed by atoms with Crippen LogP contribution in [0, 0.1) is 6.92 Å². The predicted molar refractivity (Wildman–Crippen MR) is 116 cm³/mol. The molecular weight excluding hydrogens is 348 g/mol. The third kappa shape index (κ3) is 6.09. The predicted octanol–water partition coefficient (Wildman–Crippen LogP) is 2.97. The summed E-state index contributed by atoms with van der Waals surface area (Å²) in [6.45, 7) is 10.0. The minimum Gasteiger partial charge on any atom is -0.357 e. The molecule has 6 nitrogen and oxygen atoms in total. The van der Waals surface area contributed by atoms with Gasteiger partial charge in [0.1, 0.15) is 0 Å². The molecule has 1 aromatic carbocycles. The Kier molecular flexibility index (Phi) is 7.91. The van der Waals surface area contributed by atoms with Gasteiger partial charge in [-0.1, -0.05) is 29.8 Å². The van der Waals surface area contributed by atoms with Crippen molar-refractivity contribution in [3.63, 3.8) is 0 Å². The Morgan fingerprint density at radius 1 is 1.18 bits per heavy atom. The Hall–Kier alpha value is -2.34. The molecule has 0 spiro atoms. The van der Waals surface area contributed by atoms with E-state index in [1.807, 2.05) is 23.1 Å². The summed E-state index contributed by atoms with van der Waals surface area (Å²) in [7, 11) is 0. The summed E-state index contributed by atoms with van der Waals surface area (Å²) >= 11 is 0. The van der Waals surface area contributed by atoms with Gasteiger partial charge in [0.15, 0.2) is 5.96 Å².